The second-order valence-electron chi connectivity index (χ2n) is 9.66. The minimum absolute atomic E-state index is 0.169. The molecule has 0 bridgehead atoms. The SMILES string of the molecule is CC(C)(C)Oc1ccc2c(c1)Oc1ccccc1S2(=O)=O.CC(C)(C[N+](=O)[O-])Oc1ccccc1Br. The Kier molecular flexibility index (Phi) is 8.00. The molecule has 0 radical (unpaired) electrons. The summed E-state index contributed by atoms with van der Waals surface area (Å²) in [4.78, 5) is 10.4. The number of fused-ring (bicyclic) bond motifs is 2. The van der Waals surface area contributed by atoms with Gasteiger partial charge < -0.3 is 14.2 Å². The van der Waals surface area contributed by atoms with Gasteiger partial charge in [-0.25, -0.2) is 8.42 Å². The van der Waals surface area contributed by atoms with Crippen LogP contribution in [-0.4, -0.2) is 31.1 Å². The van der Waals surface area contributed by atoms with E-state index in [1.807, 2.05) is 39.0 Å². The van der Waals surface area contributed by atoms with Gasteiger partial charge in [-0.3, -0.25) is 10.1 Å². The third-order valence-corrected chi connectivity index (χ3v) is 7.21. The summed E-state index contributed by atoms with van der Waals surface area (Å²) >= 11 is 3.32. The zero-order chi connectivity index (χ0) is 26.7. The molecule has 3 aromatic rings. The van der Waals surface area contributed by atoms with Gasteiger partial charge in [0.15, 0.2) is 5.60 Å². The van der Waals surface area contributed by atoms with Gasteiger partial charge in [0.1, 0.15) is 38.4 Å². The van der Waals surface area contributed by atoms with Gasteiger partial charge in [-0.2, -0.15) is 0 Å². The van der Waals surface area contributed by atoms with E-state index in [1.54, 1.807) is 56.3 Å². The van der Waals surface area contributed by atoms with Gasteiger partial charge in [-0.15, -0.1) is 0 Å². The number of rotatable bonds is 5. The van der Waals surface area contributed by atoms with E-state index >= 15 is 0 Å². The van der Waals surface area contributed by atoms with Gasteiger partial charge in [0.2, 0.25) is 16.4 Å². The monoisotopic (exact) mass is 577 g/mol. The summed E-state index contributed by atoms with van der Waals surface area (Å²) in [6.45, 7) is 8.94. The molecule has 0 aliphatic carbocycles. The molecule has 0 aromatic heterocycles. The smallest absolute Gasteiger partial charge is 0.242 e. The molecule has 0 atom stereocenters. The first-order valence-corrected chi connectivity index (χ1v) is 13.4. The lowest BCUT2D eigenvalue weighted by atomic mass is 10.1. The van der Waals surface area contributed by atoms with Gasteiger partial charge in [0.25, 0.3) is 0 Å². The van der Waals surface area contributed by atoms with Crippen molar-refractivity contribution in [2.45, 2.75) is 55.6 Å². The van der Waals surface area contributed by atoms with Crippen molar-refractivity contribution in [2.24, 2.45) is 0 Å². The van der Waals surface area contributed by atoms with E-state index in [-0.39, 0.29) is 26.9 Å². The second-order valence-corrected chi connectivity index (χ2v) is 12.4. The third-order valence-electron chi connectivity index (χ3n) is 4.72. The van der Waals surface area contributed by atoms with Crippen LogP contribution in [-0.2, 0) is 9.84 Å². The number of halogens is 1. The predicted molar refractivity (Wildman–Crippen MR) is 140 cm³/mol. The summed E-state index contributed by atoms with van der Waals surface area (Å²) in [6, 6.07) is 18.7. The Bertz CT molecular complexity index is 1360. The van der Waals surface area contributed by atoms with Crippen LogP contribution in [0.2, 0.25) is 0 Å². The summed E-state index contributed by atoms with van der Waals surface area (Å²) < 4.78 is 42.9. The highest BCUT2D eigenvalue weighted by molar-refractivity contribution is 9.10. The molecule has 1 aliphatic rings. The molecule has 10 heteroatoms. The van der Waals surface area contributed by atoms with Crippen LogP contribution >= 0.6 is 15.9 Å². The van der Waals surface area contributed by atoms with Crippen LogP contribution < -0.4 is 14.2 Å². The lowest BCUT2D eigenvalue weighted by molar-refractivity contribution is -0.496. The van der Waals surface area contributed by atoms with Crippen LogP contribution in [0.5, 0.6) is 23.0 Å². The molecule has 0 N–H and O–H groups in total. The first-order valence-electron chi connectivity index (χ1n) is 11.1. The van der Waals surface area contributed by atoms with Crippen molar-refractivity contribution in [1.29, 1.82) is 0 Å². The van der Waals surface area contributed by atoms with Gasteiger partial charge in [-0.1, -0.05) is 24.3 Å². The van der Waals surface area contributed by atoms with E-state index in [9.17, 15) is 18.5 Å². The summed E-state index contributed by atoms with van der Waals surface area (Å²) in [7, 11) is -3.54. The van der Waals surface area contributed by atoms with Crippen LogP contribution in [0.4, 0.5) is 0 Å². The minimum atomic E-state index is -3.54. The number of nitrogens with zero attached hydrogens (tertiary/aromatic N) is 1. The van der Waals surface area contributed by atoms with E-state index in [0.717, 1.165) is 4.47 Å². The fourth-order valence-corrected chi connectivity index (χ4v) is 5.22. The number of ether oxygens (including phenoxy) is 3. The van der Waals surface area contributed by atoms with Crippen LogP contribution in [0.15, 0.2) is 81.0 Å². The van der Waals surface area contributed by atoms with Crippen molar-refractivity contribution in [3.05, 3.63) is 81.3 Å². The predicted octanol–water partition coefficient (Wildman–Crippen LogP) is 6.69. The van der Waals surface area contributed by atoms with Gasteiger partial charge >= 0.3 is 0 Å². The molecule has 3 aromatic carbocycles. The Balaban J connectivity index is 0.000000214. The van der Waals surface area contributed by atoms with Crippen molar-refractivity contribution in [2.75, 3.05) is 6.54 Å². The van der Waals surface area contributed by atoms with Crippen molar-refractivity contribution in [3.63, 3.8) is 0 Å². The van der Waals surface area contributed by atoms with E-state index < -0.39 is 15.4 Å². The molecule has 0 spiro atoms. The number of benzene rings is 3. The Hall–Kier alpha value is -3.11. The fourth-order valence-electron chi connectivity index (χ4n) is 3.37. The molecule has 0 amide bonds. The van der Waals surface area contributed by atoms with Crippen LogP contribution in [0.1, 0.15) is 34.6 Å². The lowest BCUT2D eigenvalue weighted by Crippen LogP contribution is -2.36. The summed E-state index contributed by atoms with van der Waals surface area (Å²) in [5.74, 6) is 1.84. The summed E-state index contributed by atoms with van der Waals surface area (Å²) in [5.41, 5.74) is -1.17. The first kappa shape index (κ1) is 27.5. The van der Waals surface area contributed by atoms with E-state index in [1.165, 1.54) is 6.07 Å². The summed E-state index contributed by atoms with van der Waals surface area (Å²) in [6.07, 6.45) is 0. The number of hydrogen-bond acceptors (Lipinski definition) is 7. The van der Waals surface area contributed by atoms with Crippen molar-refractivity contribution in [1.82, 2.24) is 0 Å². The van der Waals surface area contributed by atoms with E-state index in [4.69, 9.17) is 14.2 Å². The Morgan fingerprint density at radius 1 is 0.889 bits per heavy atom. The molecule has 0 fully saturated rings. The molecule has 36 heavy (non-hydrogen) atoms. The average Bonchev–Trinajstić information content (AvgIpc) is 2.73. The Labute approximate surface area is 219 Å². The maximum atomic E-state index is 12.6. The second kappa shape index (κ2) is 10.5. The zero-order valence-corrected chi connectivity index (χ0v) is 23.1. The Morgan fingerprint density at radius 2 is 1.50 bits per heavy atom. The molecule has 0 saturated carbocycles. The number of hydrogen-bond donors (Lipinski definition) is 0. The molecule has 4 rings (SSSR count). The molecule has 192 valence electrons. The standard InChI is InChI=1S/C16H16O4S.C10H12BrNO3/c1-16(2,3)20-11-8-9-15-13(10-11)19-12-6-4-5-7-14(12)21(15,17)18;1-10(2,7-12(13)14)15-9-6-4-3-5-8(9)11/h4-10H,1-3H3;3-6H,7H2,1-2H3. The van der Waals surface area contributed by atoms with Crippen LogP contribution in [0.25, 0.3) is 0 Å². The topological polar surface area (TPSA) is 105 Å². The Morgan fingerprint density at radius 3 is 2.14 bits per heavy atom. The third kappa shape index (κ3) is 6.98. The van der Waals surface area contributed by atoms with Gasteiger partial charge in [-0.05, 0) is 86.9 Å². The van der Waals surface area contributed by atoms with Crippen molar-refractivity contribution in [3.8, 4) is 23.0 Å². The van der Waals surface area contributed by atoms with Crippen molar-refractivity contribution < 1.29 is 27.6 Å². The first-order chi connectivity index (χ1) is 16.7. The number of sulfone groups is 1. The van der Waals surface area contributed by atoms with Crippen LogP contribution in [0, 0.1) is 10.1 Å². The highest BCUT2D eigenvalue weighted by atomic mass is 79.9. The quantitative estimate of drug-likeness (QED) is 0.192. The molecule has 1 heterocycles. The van der Waals surface area contributed by atoms with Crippen LogP contribution in [0.3, 0.4) is 0 Å². The average molecular weight is 578 g/mol. The molecule has 0 unspecified atom stereocenters. The normalized spacial score (nSPS) is 13.7. The van der Waals surface area contributed by atoms with Gasteiger partial charge in [0.05, 0.1) is 4.47 Å². The molecular weight excluding hydrogens is 550 g/mol. The molecular formula is C26H28BrNO7S. The highest BCUT2D eigenvalue weighted by Gasteiger charge is 2.31. The maximum absolute atomic E-state index is 12.6. The number of nitro groups is 1. The highest BCUT2D eigenvalue weighted by Crippen LogP contribution is 2.43. The van der Waals surface area contributed by atoms with Gasteiger partial charge in [0, 0.05) is 11.0 Å². The van der Waals surface area contributed by atoms with E-state index in [0.29, 0.717) is 23.0 Å². The van der Waals surface area contributed by atoms with Crippen molar-refractivity contribution >= 4 is 25.8 Å². The van der Waals surface area contributed by atoms with E-state index in [2.05, 4.69) is 15.9 Å². The largest absolute Gasteiger partial charge is 0.488 e. The maximum Gasteiger partial charge on any atom is 0.242 e. The minimum Gasteiger partial charge on any atom is -0.488 e. The zero-order valence-electron chi connectivity index (χ0n) is 20.6. The fraction of sp³-hybridized carbons (Fsp3) is 0.308. The number of para-hydroxylation sites is 2. The lowest BCUT2D eigenvalue weighted by Gasteiger charge is -2.24. The molecule has 8 nitrogen and oxygen atoms in total. The summed E-state index contributed by atoms with van der Waals surface area (Å²) in [5, 5.41) is 10.4. The molecule has 0 saturated heterocycles. The molecule has 1 aliphatic heterocycles.